The van der Waals surface area contributed by atoms with Gasteiger partial charge in [0.05, 0.1) is 0 Å². The number of benzene rings is 1. The Balaban J connectivity index is 0. The maximum Gasteiger partial charge on any atom is -0.0307 e. The van der Waals surface area contributed by atoms with E-state index in [-0.39, 0.29) is 14.9 Å². The van der Waals surface area contributed by atoms with Crippen LogP contribution in [-0.4, -0.2) is 0 Å². The summed E-state index contributed by atoms with van der Waals surface area (Å²) in [6, 6.07) is 8.83. The molecule has 1 fully saturated rings. The van der Waals surface area contributed by atoms with Crippen LogP contribution in [0.3, 0.4) is 0 Å². The highest BCUT2D eigenvalue weighted by Gasteiger charge is 2.13. The normalized spacial score (nSPS) is 20.8. The molecule has 1 aliphatic carbocycles. The van der Waals surface area contributed by atoms with Crippen molar-refractivity contribution in [2.24, 2.45) is 11.8 Å². The molecule has 20 heavy (non-hydrogen) atoms. The first-order chi connectivity index (χ1) is 8.65. The minimum atomic E-state index is 0. The van der Waals surface area contributed by atoms with Crippen molar-refractivity contribution in [2.45, 2.75) is 81.1 Å². The van der Waals surface area contributed by atoms with Gasteiger partial charge in [-0.25, -0.2) is 0 Å². The van der Waals surface area contributed by atoms with Crippen LogP contribution in [0, 0.1) is 11.8 Å². The second kappa shape index (κ2) is 12.0. The molecular formula is C20H38. The monoisotopic (exact) mass is 278 g/mol. The quantitative estimate of drug-likeness (QED) is 0.551. The van der Waals surface area contributed by atoms with Gasteiger partial charge in [-0.1, -0.05) is 92.5 Å². The Labute approximate surface area is 129 Å². The summed E-state index contributed by atoms with van der Waals surface area (Å²) in [5.41, 5.74) is 2.86. The van der Waals surface area contributed by atoms with E-state index in [1.54, 1.807) is 0 Å². The van der Waals surface area contributed by atoms with Crippen LogP contribution in [0.25, 0.3) is 0 Å². The zero-order valence-electron chi connectivity index (χ0n) is 12.7. The second-order valence-corrected chi connectivity index (χ2v) is 5.89. The molecule has 0 spiro atoms. The summed E-state index contributed by atoms with van der Waals surface area (Å²) in [5, 5.41) is 0. The molecule has 2 rings (SSSR count). The van der Waals surface area contributed by atoms with E-state index < -0.39 is 0 Å². The van der Waals surface area contributed by atoms with Gasteiger partial charge in [0.1, 0.15) is 0 Å². The van der Waals surface area contributed by atoms with Gasteiger partial charge >= 0.3 is 0 Å². The standard InChI is InChI=1S/C10H14.C8H16.2CH4/c1-3-9-5-7-10(4-2)8-6-9;1-7-3-5-8(2)6-4-7;;/h5-8H,3-4H2,1-2H3;7-8H,3-6H2,1-2H3;2*1H4. The van der Waals surface area contributed by atoms with Crippen molar-refractivity contribution < 1.29 is 0 Å². The molecule has 0 amide bonds. The average Bonchev–Trinajstić information content (AvgIpc) is 2.43. The van der Waals surface area contributed by atoms with E-state index >= 15 is 0 Å². The van der Waals surface area contributed by atoms with Crippen LogP contribution in [0.2, 0.25) is 0 Å². The number of aryl methyl sites for hydroxylation is 2. The zero-order valence-corrected chi connectivity index (χ0v) is 12.7. The maximum atomic E-state index is 2.37. The van der Waals surface area contributed by atoms with Gasteiger partial charge in [0.25, 0.3) is 0 Å². The SMILES string of the molecule is C.C.CC1CCC(C)CC1.CCc1ccc(CC)cc1. The zero-order chi connectivity index (χ0) is 13.4. The fourth-order valence-corrected chi connectivity index (χ4v) is 2.44. The first-order valence-electron chi connectivity index (χ1n) is 7.73. The lowest BCUT2D eigenvalue weighted by Gasteiger charge is -2.22. The lowest BCUT2D eigenvalue weighted by molar-refractivity contribution is 0.308. The molecule has 0 saturated heterocycles. The smallest absolute Gasteiger partial charge is 0.0307 e. The lowest BCUT2D eigenvalue weighted by atomic mass is 9.84. The van der Waals surface area contributed by atoms with Gasteiger partial charge in [0.2, 0.25) is 0 Å². The fraction of sp³-hybridized carbons (Fsp3) is 0.700. The summed E-state index contributed by atoms with van der Waals surface area (Å²) in [4.78, 5) is 0. The third-order valence-electron chi connectivity index (χ3n) is 4.14. The van der Waals surface area contributed by atoms with Gasteiger partial charge in [-0.05, 0) is 35.8 Å². The Hall–Kier alpha value is -0.780. The summed E-state index contributed by atoms with van der Waals surface area (Å²) in [7, 11) is 0. The Kier molecular flexibility index (Phi) is 12.9. The van der Waals surface area contributed by atoms with Crippen LogP contribution >= 0.6 is 0 Å². The Morgan fingerprint density at radius 3 is 1.15 bits per heavy atom. The van der Waals surface area contributed by atoms with Crippen LogP contribution in [0.15, 0.2) is 24.3 Å². The summed E-state index contributed by atoms with van der Waals surface area (Å²) in [6.45, 7) is 9.10. The largest absolute Gasteiger partial charge is 0.0776 e. The molecule has 0 nitrogen and oxygen atoms in total. The van der Waals surface area contributed by atoms with Crippen LogP contribution in [0.4, 0.5) is 0 Å². The molecule has 0 N–H and O–H groups in total. The van der Waals surface area contributed by atoms with Crippen LogP contribution in [0.5, 0.6) is 0 Å². The van der Waals surface area contributed by atoms with Crippen molar-refractivity contribution in [3.63, 3.8) is 0 Å². The van der Waals surface area contributed by atoms with E-state index in [4.69, 9.17) is 0 Å². The molecule has 0 atom stereocenters. The van der Waals surface area contributed by atoms with Crippen molar-refractivity contribution in [3.05, 3.63) is 35.4 Å². The average molecular weight is 279 g/mol. The van der Waals surface area contributed by atoms with Gasteiger partial charge in [-0.15, -0.1) is 0 Å². The molecule has 118 valence electrons. The molecule has 0 unspecified atom stereocenters. The Morgan fingerprint density at radius 1 is 0.700 bits per heavy atom. The van der Waals surface area contributed by atoms with Crippen LogP contribution in [0.1, 0.15) is 79.4 Å². The highest BCUT2D eigenvalue weighted by Crippen LogP contribution is 2.27. The highest BCUT2D eigenvalue weighted by molar-refractivity contribution is 5.22. The predicted octanol–water partition coefficient (Wildman–Crippen LogP) is 6.92. The van der Waals surface area contributed by atoms with Gasteiger partial charge in [0, 0.05) is 0 Å². The van der Waals surface area contributed by atoms with Crippen LogP contribution in [-0.2, 0) is 12.8 Å². The summed E-state index contributed by atoms with van der Waals surface area (Å²) in [5.74, 6) is 2.04. The van der Waals surface area contributed by atoms with E-state index in [1.165, 1.54) is 36.8 Å². The Bertz CT molecular complexity index is 268. The molecule has 0 radical (unpaired) electrons. The first-order valence-corrected chi connectivity index (χ1v) is 7.73. The molecule has 0 aromatic heterocycles. The molecule has 1 aliphatic rings. The van der Waals surface area contributed by atoms with Gasteiger partial charge < -0.3 is 0 Å². The van der Waals surface area contributed by atoms with Gasteiger partial charge in [0.15, 0.2) is 0 Å². The summed E-state index contributed by atoms with van der Waals surface area (Å²) >= 11 is 0. The van der Waals surface area contributed by atoms with Crippen molar-refractivity contribution in [1.82, 2.24) is 0 Å². The second-order valence-electron chi connectivity index (χ2n) is 5.89. The maximum absolute atomic E-state index is 2.37. The van der Waals surface area contributed by atoms with Gasteiger partial charge in [-0.2, -0.15) is 0 Å². The molecule has 1 aromatic carbocycles. The van der Waals surface area contributed by atoms with Crippen molar-refractivity contribution >= 4 is 0 Å². The van der Waals surface area contributed by atoms with Crippen molar-refractivity contribution in [3.8, 4) is 0 Å². The van der Waals surface area contributed by atoms with E-state index in [1.807, 2.05) is 0 Å². The van der Waals surface area contributed by atoms with E-state index in [9.17, 15) is 0 Å². The summed E-state index contributed by atoms with van der Waals surface area (Å²) < 4.78 is 0. The van der Waals surface area contributed by atoms with E-state index in [0.717, 1.165) is 24.7 Å². The molecule has 0 bridgehead atoms. The number of hydrogen-bond acceptors (Lipinski definition) is 0. The number of hydrogen-bond donors (Lipinski definition) is 0. The summed E-state index contributed by atoms with van der Waals surface area (Å²) in [6.07, 6.45) is 8.18. The highest BCUT2D eigenvalue weighted by atomic mass is 14.2. The lowest BCUT2D eigenvalue weighted by Crippen LogP contribution is -2.08. The number of rotatable bonds is 2. The minimum absolute atomic E-state index is 0. The van der Waals surface area contributed by atoms with Gasteiger partial charge in [-0.3, -0.25) is 0 Å². The minimum Gasteiger partial charge on any atom is -0.0776 e. The molecule has 0 aliphatic heterocycles. The molecule has 1 aromatic rings. The van der Waals surface area contributed by atoms with E-state index in [2.05, 4.69) is 52.0 Å². The molecule has 0 heteroatoms. The predicted molar refractivity (Wildman–Crippen MR) is 95.5 cm³/mol. The van der Waals surface area contributed by atoms with Crippen molar-refractivity contribution in [2.75, 3.05) is 0 Å². The fourth-order valence-electron chi connectivity index (χ4n) is 2.44. The third kappa shape index (κ3) is 8.40. The van der Waals surface area contributed by atoms with E-state index in [0.29, 0.717) is 0 Å². The Morgan fingerprint density at radius 2 is 0.950 bits per heavy atom. The molecule has 0 heterocycles. The first kappa shape index (κ1) is 21.5. The topological polar surface area (TPSA) is 0 Å². The third-order valence-corrected chi connectivity index (χ3v) is 4.14. The molecular weight excluding hydrogens is 240 g/mol. The van der Waals surface area contributed by atoms with Crippen LogP contribution < -0.4 is 0 Å². The van der Waals surface area contributed by atoms with Crippen molar-refractivity contribution in [1.29, 1.82) is 0 Å². The molecule has 1 saturated carbocycles.